The van der Waals surface area contributed by atoms with Crippen molar-refractivity contribution in [3.8, 4) is 0 Å². The number of carbonyl (C=O) groups excluding carboxylic acids is 2. The first-order chi connectivity index (χ1) is 7.66. The summed E-state index contributed by atoms with van der Waals surface area (Å²) >= 11 is 4.18. The smallest absolute Gasteiger partial charge is 0.254 e. The minimum Gasteiger partial charge on any atom is -0.353 e. The lowest BCUT2D eigenvalue weighted by molar-refractivity contribution is -0.123. The van der Waals surface area contributed by atoms with Crippen LogP contribution in [0.4, 0.5) is 0 Å². The van der Waals surface area contributed by atoms with Gasteiger partial charge in [-0.25, -0.2) is 0 Å². The molecule has 1 aromatic rings. The number of amides is 2. The lowest BCUT2D eigenvalue weighted by Crippen LogP contribution is -2.49. The molecule has 5 heteroatoms. The molecular formula is C11H12N2O2S. The number of benzene rings is 1. The van der Waals surface area contributed by atoms with Gasteiger partial charge in [-0.1, -0.05) is 6.07 Å². The molecule has 0 radical (unpaired) electrons. The Hall–Kier alpha value is -1.49. The van der Waals surface area contributed by atoms with Crippen molar-refractivity contribution in [2.45, 2.75) is 4.90 Å². The van der Waals surface area contributed by atoms with E-state index in [0.717, 1.165) is 4.90 Å². The average Bonchev–Trinajstić information content (AvgIpc) is 2.28. The molecule has 16 heavy (non-hydrogen) atoms. The maximum Gasteiger partial charge on any atom is 0.254 e. The molecule has 1 saturated heterocycles. The van der Waals surface area contributed by atoms with Gasteiger partial charge in [0.15, 0.2) is 0 Å². The fourth-order valence-electron chi connectivity index (χ4n) is 1.63. The molecule has 2 rings (SSSR count). The number of rotatable bonds is 1. The summed E-state index contributed by atoms with van der Waals surface area (Å²) in [6, 6.07) is 7.02. The summed E-state index contributed by atoms with van der Waals surface area (Å²) < 4.78 is 0. The van der Waals surface area contributed by atoms with Crippen LogP contribution in [0.25, 0.3) is 0 Å². The molecule has 0 unspecified atom stereocenters. The third kappa shape index (κ3) is 2.36. The number of carbonyl (C=O) groups is 2. The fourth-order valence-corrected chi connectivity index (χ4v) is 1.86. The highest BCUT2D eigenvalue weighted by molar-refractivity contribution is 7.80. The quantitative estimate of drug-likeness (QED) is 0.699. The number of thiol groups is 1. The Kier molecular flexibility index (Phi) is 3.14. The van der Waals surface area contributed by atoms with E-state index in [1.807, 2.05) is 6.07 Å². The van der Waals surface area contributed by atoms with E-state index in [1.54, 1.807) is 23.1 Å². The standard InChI is InChI=1S/C11H12N2O2S/c14-10-7-13(5-4-12-10)11(15)8-2-1-3-9(16)6-8/h1-3,6,16H,4-5,7H2,(H,12,14). The predicted octanol–water partition coefficient (Wildman–Crippen LogP) is 0.547. The Morgan fingerprint density at radius 3 is 2.94 bits per heavy atom. The van der Waals surface area contributed by atoms with Crippen molar-refractivity contribution in [2.24, 2.45) is 0 Å². The maximum absolute atomic E-state index is 12.0. The minimum absolute atomic E-state index is 0.110. The van der Waals surface area contributed by atoms with Crippen LogP contribution >= 0.6 is 12.6 Å². The van der Waals surface area contributed by atoms with E-state index in [9.17, 15) is 9.59 Å². The van der Waals surface area contributed by atoms with E-state index in [-0.39, 0.29) is 18.4 Å². The van der Waals surface area contributed by atoms with Gasteiger partial charge in [0.2, 0.25) is 5.91 Å². The van der Waals surface area contributed by atoms with Gasteiger partial charge >= 0.3 is 0 Å². The molecule has 0 spiro atoms. The third-order valence-corrected chi connectivity index (χ3v) is 2.70. The number of hydrogen-bond donors (Lipinski definition) is 2. The average molecular weight is 236 g/mol. The maximum atomic E-state index is 12.0. The Balaban J connectivity index is 2.15. The van der Waals surface area contributed by atoms with Crippen molar-refractivity contribution in [1.29, 1.82) is 0 Å². The van der Waals surface area contributed by atoms with Crippen molar-refractivity contribution in [3.63, 3.8) is 0 Å². The normalized spacial score (nSPS) is 15.8. The van der Waals surface area contributed by atoms with Crippen LogP contribution in [-0.4, -0.2) is 36.3 Å². The Morgan fingerprint density at radius 1 is 1.44 bits per heavy atom. The first-order valence-corrected chi connectivity index (χ1v) is 5.46. The summed E-state index contributed by atoms with van der Waals surface area (Å²) in [5.74, 6) is -0.229. The molecular weight excluding hydrogens is 224 g/mol. The van der Waals surface area contributed by atoms with E-state index in [0.29, 0.717) is 18.7 Å². The van der Waals surface area contributed by atoms with Gasteiger partial charge in [0.1, 0.15) is 0 Å². The Bertz CT molecular complexity index is 434. The van der Waals surface area contributed by atoms with E-state index < -0.39 is 0 Å². The SMILES string of the molecule is O=C1CN(C(=O)c2cccc(S)c2)CCN1. The van der Waals surface area contributed by atoms with E-state index in [1.165, 1.54) is 0 Å². The second-order valence-corrected chi connectivity index (χ2v) is 4.14. The minimum atomic E-state index is -0.120. The van der Waals surface area contributed by atoms with Gasteiger partial charge in [-0.3, -0.25) is 9.59 Å². The van der Waals surface area contributed by atoms with E-state index in [2.05, 4.69) is 17.9 Å². The van der Waals surface area contributed by atoms with Crippen LogP contribution in [0.5, 0.6) is 0 Å². The van der Waals surface area contributed by atoms with Crippen LogP contribution in [0, 0.1) is 0 Å². The molecule has 0 atom stereocenters. The zero-order chi connectivity index (χ0) is 11.5. The molecule has 1 fully saturated rings. The van der Waals surface area contributed by atoms with E-state index >= 15 is 0 Å². The monoisotopic (exact) mass is 236 g/mol. The van der Waals surface area contributed by atoms with Crippen LogP contribution in [0.1, 0.15) is 10.4 Å². The molecule has 0 saturated carbocycles. The van der Waals surface area contributed by atoms with Gasteiger partial charge < -0.3 is 10.2 Å². The molecule has 1 N–H and O–H groups in total. The first-order valence-electron chi connectivity index (χ1n) is 5.02. The zero-order valence-electron chi connectivity index (χ0n) is 8.64. The van der Waals surface area contributed by atoms with E-state index in [4.69, 9.17) is 0 Å². The Labute approximate surface area is 99.0 Å². The summed E-state index contributed by atoms with van der Waals surface area (Å²) in [4.78, 5) is 25.5. The van der Waals surface area contributed by atoms with Crippen LogP contribution in [-0.2, 0) is 4.79 Å². The largest absolute Gasteiger partial charge is 0.353 e. The highest BCUT2D eigenvalue weighted by atomic mass is 32.1. The summed E-state index contributed by atoms with van der Waals surface area (Å²) in [5.41, 5.74) is 0.571. The van der Waals surface area contributed by atoms with Gasteiger partial charge in [-0.15, -0.1) is 12.6 Å². The number of hydrogen-bond acceptors (Lipinski definition) is 3. The van der Waals surface area contributed by atoms with Crippen LogP contribution in [0.2, 0.25) is 0 Å². The molecule has 1 aliphatic rings. The lowest BCUT2D eigenvalue weighted by atomic mass is 10.2. The predicted molar refractivity (Wildman–Crippen MR) is 62.6 cm³/mol. The summed E-state index contributed by atoms with van der Waals surface area (Å²) in [6.07, 6.45) is 0. The van der Waals surface area contributed by atoms with Gasteiger partial charge in [0, 0.05) is 23.5 Å². The molecule has 0 aliphatic carbocycles. The first kappa shape index (κ1) is 11.0. The molecule has 84 valence electrons. The topological polar surface area (TPSA) is 49.4 Å². The third-order valence-electron chi connectivity index (χ3n) is 2.42. The molecule has 0 aromatic heterocycles. The molecule has 4 nitrogen and oxygen atoms in total. The van der Waals surface area contributed by atoms with Crippen LogP contribution in [0.3, 0.4) is 0 Å². The molecule has 0 bridgehead atoms. The highest BCUT2D eigenvalue weighted by Gasteiger charge is 2.21. The molecule has 1 aliphatic heterocycles. The zero-order valence-corrected chi connectivity index (χ0v) is 9.54. The van der Waals surface area contributed by atoms with Crippen molar-refractivity contribution in [2.75, 3.05) is 19.6 Å². The summed E-state index contributed by atoms with van der Waals surface area (Å²) in [6.45, 7) is 1.21. The molecule has 2 amide bonds. The van der Waals surface area contributed by atoms with Crippen molar-refractivity contribution in [3.05, 3.63) is 29.8 Å². The molecule has 1 aromatic carbocycles. The van der Waals surface area contributed by atoms with Crippen molar-refractivity contribution < 1.29 is 9.59 Å². The van der Waals surface area contributed by atoms with Crippen molar-refractivity contribution in [1.82, 2.24) is 10.2 Å². The highest BCUT2D eigenvalue weighted by Crippen LogP contribution is 2.11. The second-order valence-electron chi connectivity index (χ2n) is 3.63. The summed E-state index contributed by atoms with van der Waals surface area (Å²) in [7, 11) is 0. The number of nitrogens with zero attached hydrogens (tertiary/aromatic N) is 1. The van der Waals surface area contributed by atoms with Gasteiger partial charge in [0.25, 0.3) is 5.91 Å². The van der Waals surface area contributed by atoms with Gasteiger partial charge in [-0.2, -0.15) is 0 Å². The fraction of sp³-hybridized carbons (Fsp3) is 0.273. The van der Waals surface area contributed by atoms with Crippen LogP contribution < -0.4 is 5.32 Å². The number of nitrogens with one attached hydrogen (secondary N) is 1. The van der Waals surface area contributed by atoms with Gasteiger partial charge in [-0.05, 0) is 18.2 Å². The van der Waals surface area contributed by atoms with Gasteiger partial charge in [0.05, 0.1) is 6.54 Å². The molecule has 1 heterocycles. The van der Waals surface area contributed by atoms with Crippen LogP contribution in [0.15, 0.2) is 29.2 Å². The lowest BCUT2D eigenvalue weighted by Gasteiger charge is -2.26. The second kappa shape index (κ2) is 4.57. The Morgan fingerprint density at radius 2 is 2.25 bits per heavy atom. The summed E-state index contributed by atoms with van der Waals surface area (Å²) in [5, 5.41) is 2.68. The number of piperazine rings is 1. The van der Waals surface area contributed by atoms with Crippen molar-refractivity contribution >= 4 is 24.4 Å².